The summed E-state index contributed by atoms with van der Waals surface area (Å²) in [5, 5.41) is 21.3. The molecule has 0 bridgehead atoms. The lowest BCUT2D eigenvalue weighted by atomic mass is 10.1. The predicted molar refractivity (Wildman–Crippen MR) is 93.0 cm³/mol. The Balaban J connectivity index is 2.93. The van der Waals surface area contributed by atoms with Crippen molar-refractivity contribution in [2.24, 2.45) is 0 Å². The lowest BCUT2D eigenvalue weighted by molar-refractivity contribution is -0.160. The first-order chi connectivity index (χ1) is 12.2. The highest BCUT2D eigenvalue weighted by atomic mass is 16.7. The van der Waals surface area contributed by atoms with Crippen LogP contribution >= 0.6 is 0 Å². The number of carbonyl (C=O) groups excluding carboxylic acids is 3. The van der Waals surface area contributed by atoms with Gasteiger partial charge in [-0.2, -0.15) is 0 Å². The first-order valence-corrected chi connectivity index (χ1v) is 8.21. The third kappa shape index (κ3) is 7.89. The van der Waals surface area contributed by atoms with Crippen molar-refractivity contribution in [1.29, 1.82) is 0 Å². The van der Waals surface area contributed by atoms with E-state index in [4.69, 9.17) is 14.3 Å². The van der Waals surface area contributed by atoms with Gasteiger partial charge in [0.1, 0.15) is 17.2 Å². The number of nitrogens with zero attached hydrogens (tertiary/aromatic N) is 1. The number of hydrogen-bond acceptors (Lipinski definition) is 8. The Morgan fingerprint density at radius 1 is 1.00 bits per heavy atom. The summed E-state index contributed by atoms with van der Waals surface area (Å²) in [6.45, 7) is 9.83. The zero-order valence-corrected chi connectivity index (χ0v) is 16.2. The van der Waals surface area contributed by atoms with Crippen LogP contribution in [0.3, 0.4) is 0 Å². The number of amides is 1. The van der Waals surface area contributed by atoms with Crippen LogP contribution in [0.25, 0.3) is 0 Å². The molecule has 1 aromatic heterocycles. The van der Waals surface area contributed by atoms with Crippen LogP contribution in [-0.4, -0.2) is 50.2 Å². The van der Waals surface area contributed by atoms with Crippen molar-refractivity contribution in [3.8, 4) is 11.8 Å². The maximum Gasteiger partial charge on any atom is 0.408 e. The lowest BCUT2D eigenvalue weighted by Crippen LogP contribution is -2.48. The van der Waals surface area contributed by atoms with Gasteiger partial charge in [-0.05, 0) is 41.5 Å². The number of alkyl carbamates (subject to hydrolysis) is 1. The molecule has 1 heterocycles. The van der Waals surface area contributed by atoms with E-state index in [0.29, 0.717) is 4.73 Å². The van der Waals surface area contributed by atoms with Crippen LogP contribution < -0.4 is 10.2 Å². The minimum absolute atomic E-state index is 0.446. The van der Waals surface area contributed by atoms with E-state index in [1.165, 1.54) is 0 Å². The zero-order chi connectivity index (χ0) is 21.0. The summed E-state index contributed by atoms with van der Waals surface area (Å²) in [5.74, 6) is -2.97. The van der Waals surface area contributed by atoms with E-state index < -0.39 is 53.5 Å². The fourth-order valence-electron chi connectivity index (χ4n) is 1.84. The standard InChI is InChI=1S/C17H26N2O8/c1-16(2,3)25-13(22)9-10(18-15(24)26-17(4,5)6)14(23)27-19-11(20)7-8-12(19)21/h7-8,10,20-21H,9H2,1-6H3,(H,18,24)/t10-/m1/s1. The molecule has 0 aliphatic rings. The lowest BCUT2D eigenvalue weighted by Gasteiger charge is -2.24. The number of ether oxygens (including phenoxy) is 2. The molecule has 0 aliphatic heterocycles. The van der Waals surface area contributed by atoms with Gasteiger partial charge in [0, 0.05) is 12.1 Å². The van der Waals surface area contributed by atoms with Crippen LogP contribution in [0.5, 0.6) is 11.8 Å². The van der Waals surface area contributed by atoms with Gasteiger partial charge in [-0.3, -0.25) is 4.79 Å². The second-order valence-corrected chi connectivity index (χ2v) is 7.74. The van der Waals surface area contributed by atoms with Crippen molar-refractivity contribution >= 4 is 18.0 Å². The monoisotopic (exact) mass is 386 g/mol. The van der Waals surface area contributed by atoms with E-state index in [1.54, 1.807) is 41.5 Å². The van der Waals surface area contributed by atoms with Crippen molar-refractivity contribution in [3.63, 3.8) is 0 Å². The summed E-state index contributed by atoms with van der Waals surface area (Å²) in [7, 11) is 0. The summed E-state index contributed by atoms with van der Waals surface area (Å²) in [4.78, 5) is 41.2. The summed E-state index contributed by atoms with van der Waals surface area (Å²) in [6, 6.07) is 0.704. The van der Waals surface area contributed by atoms with E-state index in [0.717, 1.165) is 12.1 Å². The zero-order valence-electron chi connectivity index (χ0n) is 16.2. The molecule has 1 atom stereocenters. The van der Waals surface area contributed by atoms with Gasteiger partial charge < -0.3 is 29.8 Å². The molecule has 0 fully saturated rings. The highest BCUT2D eigenvalue weighted by Gasteiger charge is 2.31. The molecule has 27 heavy (non-hydrogen) atoms. The summed E-state index contributed by atoms with van der Waals surface area (Å²) in [6.07, 6.45) is -1.49. The molecule has 0 aromatic carbocycles. The van der Waals surface area contributed by atoms with Crippen molar-refractivity contribution < 1.29 is 38.9 Å². The Bertz CT molecular complexity index is 647. The second kappa shape index (κ2) is 8.19. The highest BCUT2D eigenvalue weighted by molar-refractivity contribution is 5.86. The maximum atomic E-state index is 12.4. The molecule has 1 rings (SSSR count). The Morgan fingerprint density at radius 3 is 1.93 bits per heavy atom. The van der Waals surface area contributed by atoms with Crippen molar-refractivity contribution in [1.82, 2.24) is 10.0 Å². The fraction of sp³-hybridized carbons (Fsp3) is 0.588. The maximum absolute atomic E-state index is 12.4. The van der Waals surface area contributed by atoms with Crippen LogP contribution in [0.1, 0.15) is 48.0 Å². The van der Waals surface area contributed by atoms with Crippen LogP contribution in [0.2, 0.25) is 0 Å². The number of esters is 1. The normalized spacial score (nSPS) is 12.8. The van der Waals surface area contributed by atoms with Gasteiger partial charge in [-0.1, -0.05) is 0 Å². The molecule has 0 unspecified atom stereocenters. The minimum atomic E-state index is -1.48. The quantitative estimate of drug-likeness (QED) is 0.647. The molecule has 1 aromatic rings. The molecule has 0 aliphatic carbocycles. The SMILES string of the molecule is CC(C)(C)OC(=O)C[C@@H](NC(=O)OC(C)(C)C)C(=O)On1c(O)ccc1O. The third-order valence-corrected chi connectivity index (χ3v) is 2.75. The van der Waals surface area contributed by atoms with E-state index in [9.17, 15) is 24.6 Å². The molecule has 1 amide bonds. The first kappa shape index (κ1) is 22.1. The van der Waals surface area contributed by atoms with Gasteiger partial charge in [0.15, 0.2) is 0 Å². The molecule has 0 saturated carbocycles. The summed E-state index contributed by atoms with van der Waals surface area (Å²) in [5.41, 5.74) is -1.63. The number of hydrogen-bond donors (Lipinski definition) is 3. The van der Waals surface area contributed by atoms with Crippen LogP contribution in [0, 0.1) is 0 Å². The largest absolute Gasteiger partial charge is 0.492 e. The summed E-state index contributed by atoms with van der Waals surface area (Å²) < 4.78 is 10.7. The Kier molecular flexibility index (Phi) is 6.71. The average molecular weight is 386 g/mol. The van der Waals surface area contributed by atoms with E-state index >= 15 is 0 Å². The fourth-order valence-corrected chi connectivity index (χ4v) is 1.84. The number of nitrogens with one attached hydrogen (secondary N) is 1. The molecular formula is C17H26N2O8. The van der Waals surface area contributed by atoms with Crippen LogP contribution in [0.4, 0.5) is 4.79 Å². The number of aromatic nitrogens is 1. The number of rotatable bonds is 5. The molecule has 0 spiro atoms. The van der Waals surface area contributed by atoms with E-state index in [-0.39, 0.29) is 0 Å². The molecule has 10 heteroatoms. The molecule has 0 saturated heterocycles. The second-order valence-electron chi connectivity index (χ2n) is 7.74. The van der Waals surface area contributed by atoms with E-state index in [2.05, 4.69) is 5.32 Å². The van der Waals surface area contributed by atoms with Crippen LogP contribution in [-0.2, 0) is 19.1 Å². The molecule has 3 N–H and O–H groups in total. The topological polar surface area (TPSA) is 136 Å². The van der Waals surface area contributed by atoms with Gasteiger partial charge in [-0.15, -0.1) is 4.73 Å². The Labute approximate surface area is 157 Å². The molecule has 152 valence electrons. The van der Waals surface area contributed by atoms with Gasteiger partial charge in [-0.25, -0.2) is 9.59 Å². The molecular weight excluding hydrogens is 360 g/mol. The molecule has 0 radical (unpaired) electrons. The average Bonchev–Trinajstić information content (AvgIpc) is 2.74. The van der Waals surface area contributed by atoms with Gasteiger partial charge in [0.2, 0.25) is 11.8 Å². The first-order valence-electron chi connectivity index (χ1n) is 8.21. The predicted octanol–water partition coefficient (Wildman–Crippen LogP) is 1.48. The molecule has 10 nitrogen and oxygen atoms in total. The van der Waals surface area contributed by atoms with E-state index in [1.807, 2.05) is 0 Å². The van der Waals surface area contributed by atoms with Gasteiger partial charge >= 0.3 is 18.0 Å². The van der Waals surface area contributed by atoms with Gasteiger partial charge in [0.05, 0.1) is 6.42 Å². The smallest absolute Gasteiger partial charge is 0.408 e. The summed E-state index contributed by atoms with van der Waals surface area (Å²) >= 11 is 0. The number of aromatic hydroxyl groups is 2. The minimum Gasteiger partial charge on any atom is -0.492 e. The Morgan fingerprint density at radius 2 is 1.48 bits per heavy atom. The van der Waals surface area contributed by atoms with Crippen molar-refractivity contribution in [3.05, 3.63) is 12.1 Å². The van der Waals surface area contributed by atoms with Gasteiger partial charge in [0.25, 0.3) is 0 Å². The Hall–Kier alpha value is -2.91. The van der Waals surface area contributed by atoms with Crippen molar-refractivity contribution in [2.75, 3.05) is 0 Å². The number of carbonyl (C=O) groups is 3. The van der Waals surface area contributed by atoms with Crippen molar-refractivity contribution in [2.45, 2.75) is 65.2 Å². The van der Waals surface area contributed by atoms with Crippen LogP contribution in [0.15, 0.2) is 12.1 Å². The third-order valence-electron chi connectivity index (χ3n) is 2.75. The highest BCUT2D eigenvalue weighted by Crippen LogP contribution is 2.19.